The fourth-order valence-corrected chi connectivity index (χ4v) is 4.13. The van der Waals surface area contributed by atoms with E-state index in [2.05, 4.69) is 5.32 Å². The minimum Gasteiger partial charge on any atom is -0.451 e. The molecule has 2 unspecified atom stereocenters. The Morgan fingerprint density at radius 3 is 2.75 bits per heavy atom. The molecule has 2 amide bonds. The SMILES string of the molecule is NC(C(=O)N1CCCC(NC(=O)c2cc3ccccc3o2)C1)C1CCOCC1. The van der Waals surface area contributed by atoms with Gasteiger partial charge < -0.3 is 25.1 Å². The molecule has 2 saturated heterocycles. The Hall–Kier alpha value is -2.38. The highest BCUT2D eigenvalue weighted by Crippen LogP contribution is 2.22. The lowest BCUT2D eigenvalue weighted by atomic mass is 9.91. The van der Waals surface area contributed by atoms with Crippen LogP contribution in [-0.4, -0.2) is 55.1 Å². The lowest BCUT2D eigenvalue weighted by Gasteiger charge is -2.36. The summed E-state index contributed by atoms with van der Waals surface area (Å²) in [5, 5.41) is 3.91. The molecule has 1 aromatic carbocycles. The van der Waals surface area contributed by atoms with Gasteiger partial charge in [0.15, 0.2) is 5.76 Å². The molecule has 7 nitrogen and oxygen atoms in total. The van der Waals surface area contributed by atoms with Gasteiger partial charge in [-0.25, -0.2) is 0 Å². The molecule has 4 rings (SSSR count). The van der Waals surface area contributed by atoms with Gasteiger partial charge in [0.2, 0.25) is 5.91 Å². The van der Waals surface area contributed by atoms with Gasteiger partial charge in [-0.1, -0.05) is 18.2 Å². The Bertz CT molecular complexity index is 810. The zero-order valence-corrected chi connectivity index (χ0v) is 15.9. The van der Waals surface area contributed by atoms with Gasteiger partial charge in [0.1, 0.15) is 5.58 Å². The van der Waals surface area contributed by atoms with Crippen molar-refractivity contribution in [3.8, 4) is 0 Å². The van der Waals surface area contributed by atoms with E-state index in [-0.39, 0.29) is 23.8 Å². The Morgan fingerprint density at radius 1 is 1.18 bits per heavy atom. The van der Waals surface area contributed by atoms with Crippen molar-refractivity contribution >= 4 is 22.8 Å². The van der Waals surface area contributed by atoms with Gasteiger partial charge in [0.25, 0.3) is 5.91 Å². The zero-order valence-electron chi connectivity index (χ0n) is 15.9. The Kier molecular flexibility index (Phi) is 5.64. The topological polar surface area (TPSA) is 97.8 Å². The number of benzene rings is 1. The standard InChI is InChI=1S/C21H27N3O4/c22-19(14-7-10-27-11-8-14)21(26)24-9-3-5-16(13-24)23-20(25)18-12-15-4-1-2-6-17(15)28-18/h1-2,4,6,12,14,16,19H,3,5,7-11,13,22H2,(H,23,25). The molecule has 3 N–H and O–H groups in total. The molecule has 0 radical (unpaired) electrons. The maximum atomic E-state index is 12.8. The second kappa shape index (κ2) is 8.32. The highest BCUT2D eigenvalue weighted by molar-refractivity contribution is 5.96. The van der Waals surface area contributed by atoms with Gasteiger partial charge in [-0.3, -0.25) is 9.59 Å². The van der Waals surface area contributed by atoms with Crippen molar-refractivity contribution in [1.29, 1.82) is 0 Å². The second-order valence-corrected chi connectivity index (χ2v) is 7.72. The molecule has 0 aliphatic carbocycles. The van der Waals surface area contributed by atoms with Crippen molar-refractivity contribution in [3.63, 3.8) is 0 Å². The summed E-state index contributed by atoms with van der Waals surface area (Å²) in [5.74, 6) is 0.203. The van der Waals surface area contributed by atoms with E-state index in [0.717, 1.165) is 31.1 Å². The van der Waals surface area contributed by atoms with Crippen molar-refractivity contribution in [2.75, 3.05) is 26.3 Å². The quantitative estimate of drug-likeness (QED) is 0.838. The average Bonchev–Trinajstić information content (AvgIpc) is 3.18. The smallest absolute Gasteiger partial charge is 0.287 e. The molecule has 2 aliphatic heterocycles. The van der Waals surface area contributed by atoms with Gasteiger partial charge in [-0.05, 0) is 43.7 Å². The van der Waals surface area contributed by atoms with E-state index in [0.29, 0.717) is 37.6 Å². The van der Waals surface area contributed by atoms with E-state index in [1.165, 1.54) is 0 Å². The average molecular weight is 385 g/mol. The van der Waals surface area contributed by atoms with E-state index in [9.17, 15) is 9.59 Å². The van der Waals surface area contributed by atoms with Crippen molar-refractivity contribution in [1.82, 2.24) is 10.2 Å². The van der Waals surface area contributed by atoms with Gasteiger partial charge in [0.05, 0.1) is 6.04 Å². The first-order valence-electron chi connectivity index (χ1n) is 10.0. The maximum absolute atomic E-state index is 12.8. The summed E-state index contributed by atoms with van der Waals surface area (Å²) in [6, 6.07) is 8.69. The van der Waals surface area contributed by atoms with Crippen LogP contribution in [0.1, 0.15) is 36.2 Å². The largest absolute Gasteiger partial charge is 0.451 e. The molecule has 0 bridgehead atoms. The van der Waals surface area contributed by atoms with Crippen LogP contribution in [-0.2, 0) is 9.53 Å². The highest BCUT2D eigenvalue weighted by atomic mass is 16.5. The summed E-state index contributed by atoms with van der Waals surface area (Å²) in [6.07, 6.45) is 3.33. The number of likely N-dealkylation sites (tertiary alicyclic amines) is 1. The number of hydrogen-bond acceptors (Lipinski definition) is 5. The molecule has 150 valence electrons. The fraction of sp³-hybridized carbons (Fsp3) is 0.524. The molecular weight excluding hydrogens is 358 g/mol. The van der Waals surface area contributed by atoms with Crippen molar-refractivity contribution in [3.05, 3.63) is 36.1 Å². The predicted molar refractivity (Wildman–Crippen MR) is 105 cm³/mol. The van der Waals surface area contributed by atoms with Gasteiger partial charge in [0, 0.05) is 37.7 Å². The summed E-state index contributed by atoms with van der Waals surface area (Å²) in [4.78, 5) is 27.2. The van der Waals surface area contributed by atoms with Crippen molar-refractivity contribution < 1.29 is 18.7 Å². The lowest BCUT2D eigenvalue weighted by molar-refractivity contribution is -0.136. The molecule has 0 spiro atoms. The van der Waals surface area contributed by atoms with Crippen LogP contribution in [0.25, 0.3) is 11.0 Å². The minimum atomic E-state index is -0.492. The Balaban J connectivity index is 1.36. The number of hydrogen-bond donors (Lipinski definition) is 2. The zero-order chi connectivity index (χ0) is 19.5. The number of para-hydroxylation sites is 1. The second-order valence-electron chi connectivity index (χ2n) is 7.72. The van der Waals surface area contributed by atoms with Gasteiger partial charge in [-0.2, -0.15) is 0 Å². The molecule has 2 aromatic rings. The number of nitrogens with one attached hydrogen (secondary N) is 1. The number of nitrogens with zero attached hydrogens (tertiary/aromatic N) is 1. The number of furan rings is 1. The van der Waals surface area contributed by atoms with Gasteiger partial charge >= 0.3 is 0 Å². The minimum absolute atomic E-state index is 0.0189. The molecule has 3 heterocycles. The van der Waals surface area contributed by atoms with Crippen LogP contribution in [0, 0.1) is 5.92 Å². The predicted octanol–water partition coefficient (Wildman–Crippen LogP) is 1.91. The van der Waals surface area contributed by atoms with E-state index in [1.807, 2.05) is 24.3 Å². The van der Waals surface area contributed by atoms with Crippen LogP contribution < -0.4 is 11.1 Å². The number of piperidine rings is 1. The van der Waals surface area contributed by atoms with Crippen LogP contribution in [0.3, 0.4) is 0 Å². The molecule has 2 fully saturated rings. The number of carbonyl (C=O) groups excluding carboxylic acids is 2. The number of rotatable bonds is 4. The van der Waals surface area contributed by atoms with E-state index >= 15 is 0 Å². The van der Waals surface area contributed by atoms with Crippen molar-refractivity contribution in [2.45, 2.75) is 37.8 Å². The van der Waals surface area contributed by atoms with E-state index in [4.69, 9.17) is 14.9 Å². The molecule has 2 aliphatic rings. The third kappa shape index (κ3) is 4.05. The fourth-order valence-electron chi connectivity index (χ4n) is 4.13. The molecule has 1 aromatic heterocycles. The monoisotopic (exact) mass is 385 g/mol. The van der Waals surface area contributed by atoms with Gasteiger partial charge in [-0.15, -0.1) is 0 Å². The highest BCUT2D eigenvalue weighted by Gasteiger charge is 2.33. The van der Waals surface area contributed by atoms with Crippen LogP contribution >= 0.6 is 0 Å². The normalized spacial score (nSPS) is 22.2. The first kappa shape index (κ1) is 19.0. The third-order valence-corrected chi connectivity index (χ3v) is 5.78. The number of fused-ring (bicyclic) bond motifs is 1. The lowest BCUT2D eigenvalue weighted by Crippen LogP contribution is -2.55. The first-order valence-corrected chi connectivity index (χ1v) is 10.0. The van der Waals surface area contributed by atoms with E-state index < -0.39 is 6.04 Å². The van der Waals surface area contributed by atoms with Crippen LogP contribution in [0.5, 0.6) is 0 Å². The van der Waals surface area contributed by atoms with Crippen LogP contribution in [0.2, 0.25) is 0 Å². The first-order chi connectivity index (χ1) is 13.6. The Labute approximate surface area is 164 Å². The number of ether oxygens (including phenoxy) is 1. The van der Waals surface area contributed by atoms with Crippen molar-refractivity contribution in [2.24, 2.45) is 11.7 Å². The van der Waals surface area contributed by atoms with Crippen LogP contribution in [0.4, 0.5) is 0 Å². The molecule has 28 heavy (non-hydrogen) atoms. The molecule has 7 heteroatoms. The summed E-state index contributed by atoms with van der Waals surface area (Å²) in [7, 11) is 0. The summed E-state index contributed by atoms with van der Waals surface area (Å²) >= 11 is 0. The molecule has 0 saturated carbocycles. The summed E-state index contributed by atoms with van der Waals surface area (Å²) < 4.78 is 11.0. The number of carbonyl (C=O) groups is 2. The molecular formula is C21H27N3O4. The summed E-state index contributed by atoms with van der Waals surface area (Å²) in [5.41, 5.74) is 6.94. The van der Waals surface area contributed by atoms with E-state index in [1.54, 1.807) is 11.0 Å². The van der Waals surface area contributed by atoms with Crippen LogP contribution in [0.15, 0.2) is 34.7 Å². The Morgan fingerprint density at radius 2 is 1.96 bits per heavy atom. The third-order valence-electron chi connectivity index (χ3n) is 5.78. The molecule has 2 atom stereocenters. The maximum Gasteiger partial charge on any atom is 0.287 e. The number of amides is 2. The summed E-state index contributed by atoms with van der Waals surface area (Å²) in [6.45, 7) is 2.51. The number of nitrogens with two attached hydrogens (primary N) is 1.